The Hall–Kier alpha value is -1.12. The van der Waals surface area contributed by atoms with E-state index in [2.05, 4.69) is 53.3 Å². The Kier molecular flexibility index (Phi) is 9.05. The number of aliphatic imine (C=N–C) groups is 1. The molecule has 2 heterocycles. The highest BCUT2D eigenvalue weighted by Crippen LogP contribution is 2.26. The van der Waals surface area contributed by atoms with Crippen LogP contribution in [0.25, 0.3) is 0 Å². The SMILES string of the molecule is CN=C(NCCC1=CCOCC1)N1CCOC(c2ccc(C)cc2C)C1.I. The minimum Gasteiger partial charge on any atom is -0.377 e. The largest absolute Gasteiger partial charge is 0.377 e. The van der Waals surface area contributed by atoms with Crippen LogP contribution in [0.2, 0.25) is 0 Å². The molecular formula is C21H32IN3O2. The summed E-state index contributed by atoms with van der Waals surface area (Å²) in [5.74, 6) is 0.968. The molecule has 150 valence electrons. The van der Waals surface area contributed by atoms with Crippen LogP contribution in [0.3, 0.4) is 0 Å². The number of morpholine rings is 1. The van der Waals surface area contributed by atoms with E-state index in [4.69, 9.17) is 9.47 Å². The molecule has 5 nitrogen and oxygen atoms in total. The number of ether oxygens (including phenoxy) is 2. The number of aryl methyl sites for hydroxylation is 2. The predicted octanol–water partition coefficient (Wildman–Crippen LogP) is 3.61. The van der Waals surface area contributed by atoms with Crippen molar-refractivity contribution in [2.24, 2.45) is 4.99 Å². The Balaban J connectivity index is 0.00000261. The Labute approximate surface area is 180 Å². The van der Waals surface area contributed by atoms with Gasteiger partial charge in [-0.3, -0.25) is 4.99 Å². The summed E-state index contributed by atoms with van der Waals surface area (Å²) >= 11 is 0. The zero-order valence-corrected chi connectivity index (χ0v) is 19.0. The van der Waals surface area contributed by atoms with Crippen LogP contribution in [-0.2, 0) is 9.47 Å². The number of nitrogens with one attached hydrogen (secondary N) is 1. The van der Waals surface area contributed by atoms with E-state index in [0.717, 1.165) is 58.3 Å². The molecule has 0 radical (unpaired) electrons. The van der Waals surface area contributed by atoms with Gasteiger partial charge >= 0.3 is 0 Å². The average molecular weight is 485 g/mol. The summed E-state index contributed by atoms with van der Waals surface area (Å²) < 4.78 is 11.4. The van der Waals surface area contributed by atoms with Crippen LogP contribution in [-0.4, -0.2) is 57.4 Å². The lowest BCUT2D eigenvalue weighted by molar-refractivity contribution is -0.00830. The standard InChI is InChI=1S/C21H31N3O2.HI/c1-16-4-5-19(17(2)14-16)20-15-24(10-13-26-20)21(22-3)23-9-6-18-7-11-25-12-8-18;/h4-5,7,14,20H,6,8-13,15H2,1-3H3,(H,22,23);1H. The number of nitrogens with zero attached hydrogens (tertiary/aromatic N) is 2. The molecule has 6 heteroatoms. The molecule has 1 N–H and O–H groups in total. The van der Waals surface area contributed by atoms with E-state index in [1.165, 1.54) is 22.3 Å². The molecule has 1 atom stereocenters. The van der Waals surface area contributed by atoms with E-state index >= 15 is 0 Å². The second-order valence-corrected chi connectivity index (χ2v) is 7.08. The molecule has 1 aromatic carbocycles. The molecule has 27 heavy (non-hydrogen) atoms. The maximum absolute atomic E-state index is 6.06. The lowest BCUT2D eigenvalue weighted by Crippen LogP contribution is -2.48. The second-order valence-electron chi connectivity index (χ2n) is 7.08. The monoisotopic (exact) mass is 485 g/mol. The fourth-order valence-corrected chi connectivity index (χ4v) is 3.68. The summed E-state index contributed by atoms with van der Waals surface area (Å²) in [4.78, 5) is 6.80. The third-order valence-corrected chi connectivity index (χ3v) is 5.14. The van der Waals surface area contributed by atoms with E-state index in [1.807, 2.05) is 7.05 Å². The first-order chi connectivity index (χ1) is 12.7. The van der Waals surface area contributed by atoms with E-state index in [0.29, 0.717) is 0 Å². The van der Waals surface area contributed by atoms with Crippen LogP contribution >= 0.6 is 24.0 Å². The van der Waals surface area contributed by atoms with Gasteiger partial charge in [-0.05, 0) is 37.8 Å². The van der Waals surface area contributed by atoms with Gasteiger partial charge in [-0.25, -0.2) is 0 Å². The molecule has 0 saturated carbocycles. The van der Waals surface area contributed by atoms with Crippen molar-refractivity contribution in [1.82, 2.24) is 10.2 Å². The molecule has 3 rings (SSSR count). The summed E-state index contributed by atoms with van der Waals surface area (Å²) in [7, 11) is 1.86. The molecule has 1 unspecified atom stereocenters. The number of rotatable bonds is 4. The Morgan fingerprint density at radius 3 is 2.85 bits per heavy atom. The molecule has 0 amide bonds. The quantitative estimate of drug-likeness (QED) is 0.307. The Morgan fingerprint density at radius 2 is 2.15 bits per heavy atom. The van der Waals surface area contributed by atoms with Gasteiger partial charge in [0, 0.05) is 20.1 Å². The van der Waals surface area contributed by atoms with Gasteiger partial charge in [-0.2, -0.15) is 0 Å². The van der Waals surface area contributed by atoms with Crippen LogP contribution in [0.15, 0.2) is 34.8 Å². The number of guanidine groups is 1. The van der Waals surface area contributed by atoms with Crippen molar-refractivity contribution >= 4 is 29.9 Å². The number of hydrogen-bond donors (Lipinski definition) is 1. The van der Waals surface area contributed by atoms with Crippen LogP contribution in [0, 0.1) is 13.8 Å². The first-order valence-electron chi connectivity index (χ1n) is 9.57. The molecular weight excluding hydrogens is 453 g/mol. The molecule has 0 bridgehead atoms. The van der Waals surface area contributed by atoms with E-state index in [9.17, 15) is 0 Å². The normalized spacial score (nSPS) is 20.7. The lowest BCUT2D eigenvalue weighted by Gasteiger charge is -2.36. The fourth-order valence-electron chi connectivity index (χ4n) is 3.68. The predicted molar refractivity (Wildman–Crippen MR) is 121 cm³/mol. The second kappa shape index (κ2) is 11.0. The Morgan fingerprint density at radius 1 is 1.30 bits per heavy atom. The van der Waals surface area contributed by atoms with Crippen molar-refractivity contribution in [2.45, 2.75) is 32.8 Å². The third kappa shape index (κ3) is 6.19. The van der Waals surface area contributed by atoms with Crippen molar-refractivity contribution in [3.63, 3.8) is 0 Å². The highest BCUT2D eigenvalue weighted by Gasteiger charge is 2.25. The Bertz CT molecular complexity index is 675. The maximum Gasteiger partial charge on any atom is 0.193 e. The molecule has 0 spiro atoms. The average Bonchev–Trinajstić information content (AvgIpc) is 2.66. The van der Waals surface area contributed by atoms with Gasteiger partial charge in [0.25, 0.3) is 0 Å². The highest BCUT2D eigenvalue weighted by molar-refractivity contribution is 14.0. The van der Waals surface area contributed by atoms with Crippen molar-refractivity contribution in [3.05, 3.63) is 46.5 Å². The summed E-state index contributed by atoms with van der Waals surface area (Å²) in [6, 6.07) is 6.60. The minimum absolute atomic E-state index is 0. The zero-order valence-electron chi connectivity index (χ0n) is 16.7. The van der Waals surface area contributed by atoms with Crippen molar-refractivity contribution in [2.75, 3.05) is 46.5 Å². The molecule has 1 saturated heterocycles. The topological polar surface area (TPSA) is 46.1 Å². The number of hydrogen-bond acceptors (Lipinski definition) is 3. The first-order valence-corrected chi connectivity index (χ1v) is 9.57. The zero-order chi connectivity index (χ0) is 18.4. The summed E-state index contributed by atoms with van der Waals surface area (Å²) in [5, 5.41) is 3.52. The van der Waals surface area contributed by atoms with Crippen molar-refractivity contribution in [3.8, 4) is 0 Å². The van der Waals surface area contributed by atoms with E-state index in [1.54, 1.807) is 0 Å². The first kappa shape index (κ1) is 22.2. The molecule has 2 aliphatic heterocycles. The van der Waals surface area contributed by atoms with Gasteiger partial charge in [0.05, 0.1) is 26.4 Å². The maximum atomic E-state index is 6.06. The summed E-state index contributed by atoms with van der Waals surface area (Å²) in [6.07, 6.45) is 4.40. The van der Waals surface area contributed by atoms with Gasteiger partial charge in [0.1, 0.15) is 6.10 Å². The van der Waals surface area contributed by atoms with Gasteiger partial charge in [-0.15, -0.1) is 24.0 Å². The van der Waals surface area contributed by atoms with Gasteiger partial charge in [0.2, 0.25) is 0 Å². The number of benzene rings is 1. The van der Waals surface area contributed by atoms with Gasteiger partial charge in [0.15, 0.2) is 5.96 Å². The summed E-state index contributed by atoms with van der Waals surface area (Å²) in [5.41, 5.74) is 5.35. The lowest BCUT2D eigenvalue weighted by atomic mass is 10.00. The molecule has 1 fully saturated rings. The fraction of sp³-hybridized carbons (Fsp3) is 0.571. The molecule has 2 aliphatic rings. The van der Waals surface area contributed by atoms with Crippen LogP contribution in [0.1, 0.15) is 35.6 Å². The van der Waals surface area contributed by atoms with E-state index < -0.39 is 0 Å². The molecule has 0 aliphatic carbocycles. The summed E-state index contributed by atoms with van der Waals surface area (Å²) in [6.45, 7) is 9.24. The molecule has 1 aromatic rings. The van der Waals surface area contributed by atoms with Crippen LogP contribution in [0.5, 0.6) is 0 Å². The van der Waals surface area contributed by atoms with Crippen LogP contribution in [0.4, 0.5) is 0 Å². The minimum atomic E-state index is 0. The van der Waals surface area contributed by atoms with Gasteiger partial charge < -0.3 is 19.7 Å². The number of halogens is 1. The molecule has 0 aromatic heterocycles. The van der Waals surface area contributed by atoms with E-state index in [-0.39, 0.29) is 30.1 Å². The smallest absolute Gasteiger partial charge is 0.193 e. The third-order valence-electron chi connectivity index (χ3n) is 5.14. The van der Waals surface area contributed by atoms with Crippen LogP contribution < -0.4 is 5.32 Å². The highest BCUT2D eigenvalue weighted by atomic mass is 127. The van der Waals surface area contributed by atoms with Crippen molar-refractivity contribution in [1.29, 1.82) is 0 Å². The van der Waals surface area contributed by atoms with Crippen molar-refractivity contribution < 1.29 is 9.47 Å². The van der Waals surface area contributed by atoms with Gasteiger partial charge in [-0.1, -0.05) is 35.4 Å².